The number of benzene rings is 1. The van der Waals surface area contributed by atoms with Crippen LogP contribution in [0.4, 0.5) is 0 Å². The SMILES string of the molecule is NC(=S)NC(N)=NCCOCc1ccccc1. The molecule has 5 N–H and O–H groups in total. The number of nitrogens with one attached hydrogen (secondary N) is 1. The lowest BCUT2D eigenvalue weighted by atomic mass is 10.2. The van der Waals surface area contributed by atoms with E-state index in [9.17, 15) is 0 Å². The fraction of sp³-hybridized carbons (Fsp3) is 0.273. The Labute approximate surface area is 106 Å². The molecule has 1 aromatic rings. The topological polar surface area (TPSA) is 85.7 Å². The molecule has 0 aliphatic carbocycles. The Balaban J connectivity index is 2.14. The molecule has 0 fully saturated rings. The van der Waals surface area contributed by atoms with Crippen LogP contribution in [0.1, 0.15) is 5.56 Å². The highest BCUT2D eigenvalue weighted by Crippen LogP contribution is 1.99. The zero-order chi connectivity index (χ0) is 12.5. The number of ether oxygens (including phenoxy) is 1. The summed E-state index contributed by atoms with van der Waals surface area (Å²) in [7, 11) is 0. The van der Waals surface area contributed by atoms with Crippen LogP contribution >= 0.6 is 12.2 Å². The van der Waals surface area contributed by atoms with Crippen molar-refractivity contribution in [3.8, 4) is 0 Å². The maximum atomic E-state index is 5.48. The molecule has 0 bridgehead atoms. The van der Waals surface area contributed by atoms with Crippen molar-refractivity contribution >= 4 is 23.3 Å². The summed E-state index contributed by atoms with van der Waals surface area (Å²) in [6, 6.07) is 9.93. The van der Waals surface area contributed by atoms with Gasteiger partial charge in [-0.3, -0.25) is 4.99 Å². The van der Waals surface area contributed by atoms with Gasteiger partial charge >= 0.3 is 0 Å². The molecule has 0 saturated heterocycles. The highest BCUT2D eigenvalue weighted by Gasteiger charge is 1.93. The molecule has 0 amide bonds. The summed E-state index contributed by atoms with van der Waals surface area (Å²) in [5.74, 6) is 0.209. The van der Waals surface area contributed by atoms with Crippen molar-refractivity contribution in [2.45, 2.75) is 6.61 Å². The maximum absolute atomic E-state index is 5.48. The van der Waals surface area contributed by atoms with Crippen molar-refractivity contribution in [3.05, 3.63) is 35.9 Å². The fourth-order valence-electron chi connectivity index (χ4n) is 1.16. The molecule has 0 atom stereocenters. The first kappa shape index (κ1) is 13.4. The van der Waals surface area contributed by atoms with Crippen LogP contribution in [0.2, 0.25) is 0 Å². The Bertz CT molecular complexity index is 380. The molecule has 6 heteroatoms. The first-order valence-electron chi connectivity index (χ1n) is 5.16. The third-order valence-electron chi connectivity index (χ3n) is 1.88. The molecule has 1 rings (SSSR count). The second-order valence-corrected chi connectivity index (χ2v) is 3.73. The number of hydrogen-bond acceptors (Lipinski definition) is 3. The minimum absolute atomic E-state index is 0.108. The van der Waals surface area contributed by atoms with Crippen molar-refractivity contribution in [3.63, 3.8) is 0 Å². The molecular weight excluding hydrogens is 236 g/mol. The molecule has 1 aromatic carbocycles. The van der Waals surface area contributed by atoms with Gasteiger partial charge in [0.1, 0.15) is 0 Å². The van der Waals surface area contributed by atoms with E-state index in [-0.39, 0.29) is 11.1 Å². The highest BCUT2D eigenvalue weighted by molar-refractivity contribution is 7.80. The second kappa shape index (κ2) is 7.59. The van der Waals surface area contributed by atoms with Gasteiger partial charge in [-0.25, -0.2) is 0 Å². The minimum Gasteiger partial charge on any atom is -0.376 e. The first-order chi connectivity index (χ1) is 8.18. The summed E-state index contributed by atoms with van der Waals surface area (Å²) in [6.07, 6.45) is 0. The zero-order valence-electron chi connectivity index (χ0n) is 9.43. The van der Waals surface area contributed by atoms with E-state index in [0.29, 0.717) is 19.8 Å². The summed E-state index contributed by atoms with van der Waals surface area (Å²) in [5, 5.41) is 2.64. The summed E-state index contributed by atoms with van der Waals surface area (Å²) in [4.78, 5) is 3.99. The van der Waals surface area contributed by atoms with Gasteiger partial charge in [0.15, 0.2) is 11.1 Å². The molecule has 0 aliphatic heterocycles. The van der Waals surface area contributed by atoms with Gasteiger partial charge in [0, 0.05) is 0 Å². The van der Waals surface area contributed by atoms with Crippen LogP contribution in [0.25, 0.3) is 0 Å². The van der Waals surface area contributed by atoms with Crippen molar-refractivity contribution in [2.75, 3.05) is 13.2 Å². The number of thiocarbonyl (C=S) groups is 1. The fourth-order valence-corrected chi connectivity index (χ4v) is 1.27. The highest BCUT2D eigenvalue weighted by atomic mass is 32.1. The van der Waals surface area contributed by atoms with E-state index in [1.165, 1.54) is 0 Å². The van der Waals surface area contributed by atoms with Crippen LogP contribution in [-0.4, -0.2) is 24.2 Å². The Morgan fingerprint density at radius 2 is 2.00 bits per heavy atom. The quantitative estimate of drug-likeness (QED) is 0.305. The lowest BCUT2D eigenvalue weighted by Crippen LogP contribution is -2.40. The molecule has 0 saturated carbocycles. The molecule has 0 unspecified atom stereocenters. The van der Waals surface area contributed by atoms with Crippen LogP contribution in [0.3, 0.4) is 0 Å². The predicted octanol–water partition coefficient (Wildman–Crippen LogP) is 0.351. The first-order valence-corrected chi connectivity index (χ1v) is 5.57. The average molecular weight is 252 g/mol. The summed E-state index contributed by atoms with van der Waals surface area (Å²) in [5.41, 5.74) is 11.8. The number of nitrogens with two attached hydrogens (primary N) is 2. The van der Waals surface area contributed by atoms with Crippen LogP contribution in [-0.2, 0) is 11.3 Å². The summed E-state index contributed by atoms with van der Waals surface area (Å²) < 4.78 is 5.42. The van der Waals surface area contributed by atoms with E-state index >= 15 is 0 Å². The number of hydrogen-bond donors (Lipinski definition) is 3. The number of rotatable bonds is 5. The summed E-state index contributed by atoms with van der Waals surface area (Å²) in [6.45, 7) is 1.53. The molecule has 0 radical (unpaired) electrons. The van der Waals surface area contributed by atoms with Gasteiger partial charge in [-0.2, -0.15) is 0 Å². The van der Waals surface area contributed by atoms with E-state index < -0.39 is 0 Å². The minimum atomic E-state index is 0.108. The standard InChI is InChI=1S/C11H16N4OS/c12-10(15-11(13)17)14-6-7-16-8-9-4-2-1-3-5-9/h1-5H,6-8H2,(H5,12,13,14,15,17). The van der Waals surface area contributed by atoms with Crippen molar-refractivity contribution in [1.82, 2.24) is 5.32 Å². The second-order valence-electron chi connectivity index (χ2n) is 3.29. The summed E-state index contributed by atoms with van der Waals surface area (Å²) >= 11 is 4.61. The normalized spacial score (nSPS) is 11.2. The van der Waals surface area contributed by atoms with Crippen molar-refractivity contribution < 1.29 is 4.74 Å². The predicted molar refractivity (Wildman–Crippen MR) is 72.5 cm³/mol. The monoisotopic (exact) mass is 252 g/mol. The van der Waals surface area contributed by atoms with E-state index in [1.807, 2.05) is 30.3 Å². The van der Waals surface area contributed by atoms with Gasteiger partial charge in [0.2, 0.25) is 0 Å². The molecule has 0 heterocycles. The lowest BCUT2D eigenvalue weighted by Gasteiger charge is -2.04. The molecule has 92 valence electrons. The van der Waals surface area contributed by atoms with E-state index in [1.54, 1.807) is 0 Å². The number of nitrogens with zero attached hydrogens (tertiary/aromatic N) is 1. The molecule has 0 spiro atoms. The van der Waals surface area contributed by atoms with Crippen LogP contribution in [0, 0.1) is 0 Å². The Kier molecular flexibility index (Phi) is 5.98. The van der Waals surface area contributed by atoms with E-state index in [4.69, 9.17) is 16.2 Å². The van der Waals surface area contributed by atoms with Crippen molar-refractivity contribution in [2.24, 2.45) is 16.5 Å². The van der Waals surface area contributed by atoms with Gasteiger partial charge in [-0.15, -0.1) is 0 Å². The third kappa shape index (κ3) is 6.49. The van der Waals surface area contributed by atoms with Crippen LogP contribution < -0.4 is 16.8 Å². The molecule has 0 aliphatic rings. The largest absolute Gasteiger partial charge is 0.376 e. The van der Waals surface area contributed by atoms with Crippen LogP contribution in [0.15, 0.2) is 35.3 Å². The lowest BCUT2D eigenvalue weighted by molar-refractivity contribution is 0.128. The molecule has 5 nitrogen and oxygen atoms in total. The average Bonchev–Trinajstić information content (AvgIpc) is 2.29. The van der Waals surface area contributed by atoms with Crippen LogP contribution in [0.5, 0.6) is 0 Å². The Hall–Kier alpha value is -1.66. The smallest absolute Gasteiger partial charge is 0.194 e. The van der Waals surface area contributed by atoms with Gasteiger partial charge in [-0.1, -0.05) is 30.3 Å². The molecule has 0 aromatic heterocycles. The van der Waals surface area contributed by atoms with Gasteiger partial charge in [0.25, 0.3) is 0 Å². The van der Waals surface area contributed by atoms with E-state index in [2.05, 4.69) is 22.5 Å². The zero-order valence-corrected chi connectivity index (χ0v) is 10.2. The maximum Gasteiger partial charge on any atom is 0.194 e. The van der Waals surface area contributed by atoms with Crippen molar-refractivity contribution in [1.29, 1.82) is 0 Å². The molecular formula is C11H16N4OS. The Morgan fingerprint density at radius 1 is 1.29 bits per heavy atom. The Morgan fingerprint density at radius 3 is 2.65 bits per heavy atom. The third-order valence-corrected chi connectivity index (χ3v) is 1.98. The van der Waals surface area contributed by atoms with Gasteiger partial charge in [-0.05, 0) is 17.8 Å². The molecule has 17 heavy (non-hydrogen) atoms. The van der Waals surface area contributed by atoms with E-state index in [0.717, 1.165) is 5.56 Å². The van der Waals surface area contributed by atoms with Gasteiger partial charge < -0.3 is 21.5 Å². The van der Waals surface area contributed by atoms with Gasteiger partial charge in [0.05, 0.1) is 19.8 Å². The number of aliphatic imine (C=N–C) groups is 1. The number of guanidine groups is 1.